The molecule has 152 valence electrons. The van der Waals surface area contributed by atoms with E-state index in [-0.39, 0.29) is 9.92 Å². The number of nitrogens with zero attached hydrogens (tertiary/aromatic N) is 2. The van der Waals surface area contributed by atoms with Gasteiger partial charge in [0.25, 0.3) is 0 Å². The van der Waals surface area contributed by atoms with Crippen LogP contribution in [0.4, 0.5) is 5.69 Å². The number of halogens is 2. The molecule has 0 bridgehead atoms. The molecule has 0 aliphatic heterocycles. The molecular formula is C20H20Cl2N4O2S. The van der Waals surface area contributed by atoms with Gasteiger partial charge in [-0.25, -0.2) is 18.4 Å². The third-order valence-electron chi connectivity index (χ3n) is 4.25. The third-order valence-corrected chi connectivity index (χ3v) is 6.82. The number of rotatable bonds is 6. The predicted molar refractivity (Wildman–Crippen MR) is 116 cm³/mol. The Bertz CT molecular complexity index is 1120. The van der Waals surface area contributed by atoms with Crippen LogP contribution < -0.4 is 11.1 Å². The Balaban J connectivity index is 1.75. The maximum atomic E-state index is 12.8. The minimum Gasteiger partial charge on any atom is -0.378 e. The monoisotopic (exact) mass is 450 g/mol. The van der Waals surface area contributed by atoms with Crippen LogP contribution in [-0.4, -0.2) is 18.4 Å². The van der Waals surface area contributed by atoms with Crippen LogP contribution in [0, 0.1) is 13.8 Å². The third kappa shape index (κ3) is 5.05. The molecule has 0 aliphatic rings. The molecule has 0 radical (unpaired) electrons. The van der Waals surface area contributed by atoms with Crippen molar-refractivity contribution in [1.82, 2.24) is 9.97 Å². The minimum absolute atomic E-state index is 0.0414. The lowest BCUT2D eigenvalue weighted by atomic mass is 10.2. The lowest BCUT2D eigenvalue weighted by molar-refractivity contribution is 0.584. The largest absolute Gasteiger partial charge is 0.378 e. The molecule has 2 aromatic carbocycles. The molecule has 0 spiro atoms. The summed E-state index contributed by atoms with van der Waals surface area (Å²) in [5.74, 6) is 0.684. The predicted octanol–water partition coefficient (Wildman–Crippen LogP) is 4.44. The van der Waals surface area contributed by atoms with E-state index in [4.69, 9.17) is 28.9 Å². The fourth-order valence-electron chi connectivity index (χ4n) is 2.87. The van der Waals surface area contributed by atoms with Crippen molar-refractivity contribution in [2.24, 2.45) is 5.73 Å². The van der Waals surface area contributed by atoms with Gasteiger partial charge in [0.05, 0.1) is 16.5 Å². The molecule has 9 heteroatoms. The summed E-state index contributed by atoms with van der Waals surface area (Å²) >= 11 is 11.9. The van der Waals surface area contributed by atoms with Crippen LogP contribution in [0.5, 0.6) is 0 Å². The molecule has 3 N–H and O–H groups in total. The summed E-state index contributed by atoms with van der Waals surface area (Å²) in [7, 11) is -3.87. The number of sulfone groups is 1. The highest BCUT2D eigenvalue weighted by molar-refractivity contribution is 7.91. The first kappa shape index (κ1) is 21.5. The van der Waals surface area contributed by atoms with E-state index in [9.17, 15) is 8.42 Å². The van der Waals surface area contributed by atoms with E-state index in [1.807, 2.05) is 19.9 Å². The number of anilines is 1. The van der Waals surface area contributed by atoms with Gasteiger partial charge in [0.15, 0.2) is 9.84 Å². The Morgan fingerprint density at radius 1 is 1.00 bits per heavy atom. The normalized spacial score (nSPS) is 12.6. The number of benzene rings is 2. The molecule has 1 heterocycles. The number of hydrogen-bond donors (Lipinski definition) is 2. The molecule has 29 heavy (non-hydrogen) atoms. The van der Waals surface area contributed by atoms with Crippen molar-refractivity contribution < 1.29 is 8.42 Å². The van der Waals surface area contributed by atoms with Gasteiger partial charge in [-0.05, 0) is 55.8 Å². The highest BCUT2D eigenvalue weighted by atomic mass is 35.5. The molecule has 0 saturated carbocycles. The molecule has 6 nitrogen and oxygen atoms in total. The fraction of sp³-hybridized carbons (Fsp3) is 0.200. The molecule has 0 saturated heterocycles. The summed E-state index contributed by atoms with van der Waals surface area (Å²) in [4.78, 5) is 8.71. The summed E-state index contributed by atoms with van der Waals surface area (Å²) in [6, 6.07) is 13.0. The highest BCUT2D eigenvalue weighted by Crippen LogP contribution is 2.32. The number of aromatic nitrogens is 2. The van der Waals surface area contributed by atoms with Crippen molar-refractivity contribution in [3.63, 3.8) is 0 Å². The van der Waals surface area contributed by atoms with Gasteiger partial charge in [0, 0.05) is 22.1 Å². The SMILES string of the molecule is Cc1cc(C)nc(CNc2ccc(C(N)S(=O)(=O)c3ccc(Cl)cc3Cl)cc2)n1. The van der Waals surface area contributed by atoms with Crippen LogP contribution in [-0.2, 0) is 16.4 Å². The second-order valence-electron chi connectivity index (χ2n) is 6.58. The lowest BCUT2D eigenvalue weighted by Crippen LogP contribution is -2.22. The summed E-state index contributed by atoms with van der Waals surface area (Å²) in [6.45, 7) is 4.29. The van der Waals surface area contributed by atoms with Gasteiger partial charge < -0.3 is 11.1 Å². The molecule has 1 atom stereocenters. The minimum atomic E-state index is -3.87. The quantitative estimate of drug-likeness (QED) is 0.575. The maximum Gasteiger partial charge on any atom is 0.199 e. The Hall–Kier alpha value is -2.19. The Morgan fingerprint density at radius 3 is 2.21 bits per heavy atom. The average Bonchev–Trinajstić information content (AvgIpc) is 2.65. The summed E-state index contributed by atoms with van der Waals surface area (Å²) in [6.07, 6.45) is 0. The van der Waals surface area contributed by atoms with Gasteiger partial charge in [-0.2, -0.15) is 0 Å². The van der Waals surface area contributed by atoms with E-state index in [1.165, 1.54) is 18.2 Å². The van der Waals surface area contributed by atoms with Crippen molar-refractivity contribution in [2.45, 2.75) is 30.7 Å². The Kier molecular flexibility index (Phi) is 6.43. The van der Waals surface area contributed by atoms with Crippen molar-refractivity contribution in [2.75, 3.05) is 5.32 Å². The van der Waals surface area contributed by atoms with Gasteiger partial charge in [0.2, 0.25) is 0 Å². The smallest absolute Gasteiger partial charge is 0.199 e. The topological polar surface area (TPSA) is 98.0 Å². The summed E-state index contributed by atoms with van der Waals surface area (Å²) in [5.41, 5.74) is 9.09. The zero-order valence-corrected chi connectivity index (χ0v) is 18.2. The van der Waals surface area contributed by atoms with Gasteiger partial charge in [-0.1, -0.05) is 35.3 Å². The van der Waals surface area contributed by atoms with Crippen LogP contribution in [0.3, 0.4) is 0 Å². The second kappa shape index (κ2) is 8.67. The van der Waals surface area contributed by atoms with Gasteiger partial charge in [-0.15, -0.1) is 0 Å². The number of nitrogens with one attached hydrogen (secondary N) is 1. The van der Waals surface area contributed by atoms with Crippen LogP contribution in [0.2, 0.25) is 10.0 Å². The van der Waals surface area contributed by atoms with E-state index in [0.29, 0.717) is 23.0 Å². The fourth-order valence-corrected chi connectivity index (χ4v) is 4.98. The number of nitrogens with two attached hydrogens (primary N) is 1. The first-order chi connectivity index (χ1) is 13.7. The van der Waals surface area contributed by atoms with Crippen molar-refractivity contribution in [1.29, 1.82) is 0 Å². The van der Waals surface area contributed by atoms with Crippen LogP contribution in [0.1, 0.15) is 28.1 Å². The highest BCUT2D eigenvalue weighted by Gasteiger charge is 2.27. The Labute approximate surface area is 180 Å². The van der Waals surface area contributed by atoms with E-state index in [1.54, 1.807) is 24.3 Å². The lowest BCUT2D eigenvalue weighted by Gasteiger charge is -2.15. The second-order valence-corrected chi connectivity index (χ2v) is 9.46. The maximum absolute atomic E-state index is 12.8. The molecule has 1 unspecified atom stereocenters. The molecule has 0 fully saturated rings. The number of hydrogen-bond acceptors (Lipinski definition) is 6. The molecular weight excluding hydrogens is 431 g/mol. The van der Waals surface area contributed by atoms with Gasteiger partial charge >= 0.3 is 0 Å². The zero-order chi connectivity index (χ0) is 21.2. The first-order valence-electron chi connectivity index (χ1n) is 8.76. The molecule has 0 aliphatic carbocycles. The first-order valence-corrected chi connectivity index (χ1v) is 11.1. The Morgan fingerprint density at radius 2 is 1.62 bits per heavy atom. The number of aryl methyl sites for hydroxylation is 2. The van der Waals surface area contributed by atoms with Crippen molar-refractivity contribution in [3.8, 4) is 0 Å². The standard InChI is InChI=1S/C20H20Cl2N4O2S/c1-12-9-13(2)26-19(25-12)11-24-16-6-3-14(4-7-16)20(23)29(27,28)18-8-5-15(21)10-17(18)22/h3-10,20,24H,11,23H2,1-2H3. The molecule has 3 aromatic rings. The van der Waals surface area contributed by atoms with Crippen molar-refractivity contribution in [3.05, 3.63) is 81.4 Å². The van der Waals surface area contributed by atoms with Crippen LogP contribution in [0.15, 0.2) is 53.4 Å². The van der Waals surface area contributed by atoms with Crippen LogP contribution in [0.25, 0.3) is 0 Å². The molecule has 0 amide bonds. The average molecular weight is 451 g/mol. The van der Waals surface area contributed by atoms with Crippen molar-refractivity contribution >= 4 is 38.7 Å². The molecule has 3 rings (SSSR count). The molecule has 1 aromatic heterocycles. The van der Waals surface area contributed by atoms with E-state index < -0.39 is 15.2 Å². The summed E-state index contributed by atoms with van der Waals surface area (Å²) in [5, 5.41) is 2.36. The van der Waals surface area contributed by atoms with E-state index in [0.717, 1.165) is 17.1 Å². The van der Waals surface area contributed by atoms with E-state index >= 15 is 0 Å². The van der Waals surface area contributed by atoms with Crippen LogP contribution >= 0.6 is 23.2 Å². The summed E-state index contributed by atoms with van der Waals surface area (Å²) < 4.78 is 25.7. The van der Waals surface area contributed by atoms with Gasteiger partial charge in [-0.3, -0.25) is 0 Å². The zero-order valence-electron chi connectivity index (χ0n) is 15.9. The van der Waals surface area contributed by atoms with E-state index in [2.05, 4.69) is 15.3 Å². The van der Waals surface area contributed by atoms with Gasteiger partial charge in [0.1, 0.15) is 11.2 Å².